The van der Waals surface area contributed by atoms with Crippen LogP contribution in [0.5, 0.6) is 0 Å². The number of carbonyl (C=O) groups excluding carboxylic acids is 1. The van der Waals surface area contributed by atoms with Gasteiger partial charge in [-0.3, -0.25) is 14.9 Å². The van der Waals surface area contributed by atoms with Crippen LogP contribution in [0.25, 0.3) is 0 Å². The van der Waals surface area contributed by atoms with E-state index in [4.69, 9.17) is 0 Å². The van der Waals surface area contributed by atoms with Gasteiger partial charge < -0.3 is 5.32 Å². The highest BCUT2D eigenvalue weighted by Gasteiger charge is 2.16. The molecule has 2 rings (SSSR count). The summed E-state index contributed by atoms with van der Waals surface area (Å²) in [5, 5.41) is 14.1. The molecular formula is C16H16N2O3. The van der Waals surface area contributed by atoms with Crippen molar-refractivity contribution in [2.24, 2.45) is 0 Å². The van der Waals surface area contributed by atoms with Crippen molar-refractivity contribution in [3.63, 3.8) is 0 Å². The van der Waals surface area contributed by atoms with Gasteiger partial charge in [0, 0.05) is 24.2 Å². The number of rotatable bonds is 6. The van der Waals surface area contributed by atoms with Gasteiger partial charge in [0.05, 0.1) is 11.0 Å². The lowest BCUT2D eigenvalue weighted by Crippen LogP contribution is -2.14. The summed E-state index contributed by atoms with van der Waals surface area (Å²) in [6.45, 7) is 1.51. The molecule has 0 heterocycles. The molecule has 0 aromatic heterocycles. The Bertz CT molecular complexity index is 641. The van der Waals surface area contributed by atoms with Gasteiger partial charge >= 0.3 is 0 Å². The van der Waals surface area contributed by atoms with Crippen LogP contribution < -0.4 is 5.32 Å². The lowest BCUT2D eigenvalue weighted by Gasteiger charge is -2.19. The second kappa shape index (κ2) is 6.65. The van der Waals surface area contributed by atoms with E-state index in [0.717, 1.165) is 11.3 Å². The van der Waals surface area contributed by atoms with Crippen LogP contribution in [0.1, 0.15) is 24.9 Å². The monoisotopic (exact) mass is 284 g/mol. The third-order valence-electron chi connectivity index (χ3n) is 3.09. The first-order valence-electron chi connectivity index (χ1n) is 6.61. The van der Waals surface area contributed by atoms with E-state index >= 15 is 0 Å². The molecule has 0 saturated heterocycles. The molecule has 2 aromatic carbocycles. The van der Waals surface area contributed by atoms with E-state index in [1.807, 2.05) is 30.3 Å². The summed E-state index contributed by atoms with van der Waals surface area (Å²) in [6.07, 6.45) is 0.274. The Balaban J connectivity index is 2.29. The molecule has 0 amide bonds. The fourth-order valence-electron chi connectivity index (χ4n) is 2.13. The van der Waals surface area contributed by atoms with Gasteiger partial charge in [-0.05, 0) is 24.6 Å². The minimum atomic E-state index is -0.434. The number of nitrogens with zero attached hydrogens (tertiary/aromatic N) is 1. The molecule has 0 radical (unpaired) electrons. The second-order valence-corrected chi connectivity index (χ2v) is 4.82. The Kier molecular flexibility index (Phi) is 4.66. The average Bonchev–Trinajstić information content (AvgIpc) is 2.47. The van der Waals surface area contributed by atoms with Gasteiger partial charge in [-0.2, -0.15) is 0 Å². The lowest BCUT2D eigenvalue weighted by molar-refractivity contribution is -0.384. The first-order valence-corrected chi connectivity index (χ1v) is 6.61. The first-order chi connectivity index (χ1) is 10.1. The van der Waals surface area contributed by atoms with Gasteiger partial charge in [-0.25, -0.2) is 0 Å². The normalized spacial score (nSPS) is 11.7. The molecule has 0 fully saturated rings. The van der Waals surface area contributed by atoms with E-state index in [2.05, 4.69) is 5.32 Å². The Labute approximate surface area is 122 Å². The molecule has 108 valence electrons. The molecule has 1 N–H and O–H groups in total. The smallest absolute Gasteiger partial charge is 0.269 e. The summed E-state index contributed by atoms with van der Waals surface area (Å²) in [4.78, 5) is 21.9. The Hall–Kier alpha value is -2.69. The average molecular weight is 284 g/mol. The molecule has 5 heteroatoms. The number of ketones is 1. The van der Waals surface area contributed by atoms with Gasteiger partial charge in [0.2, 0.25) is 0 Å². The maximum atomic E-state index is 11.5. The van der Waals surface area contributed by atoms with Crippen LogP contribution in [0.4, 0.5) is 11.4 Å². The van der Waals surface area contributed by atoms with Crippen LogP contribution in [-0.4, -0.2) is 10.7 Å². The van der Waals surface area contributed by atoms with Crippen LogP contribution >= 0.6 is 0 Å². The Morgan fingerprint density at radius 1 is 1.19 bits per heavy atom. The predicted molar refractivity (Wildman–Crippen MR) is 81.2 cm³/mol. The number of hydrogen-bond acceptors (Lipinski definition) is 4. The molecule has 1 atom stereocenters. The van der Waals surface area contributed by atoms with Crippen molar-refractivity contribution in [3.8, 4) is 0 Å². The molecule has 0 aliphatic heterocycles. The van der Waals surface area contributed by atoms with Crippen molar-refractivity contribution in [1.82, 2.24) is 0 Å². The summed E-state index contributed by atoms with van der Waals surface area (Å²) < 4.78 is 0. The quantitative estimate of drug-likeness (QED) is 0.648. The first kappa shape index (κ1) is 14.7. The van der Waals surface area contributed by atoms with E-state index in [1.165, 1.54) is 19.1 Å². The molecule has 1 unspecified atom stereocenters. The molecular weight excluding hydrogens is 268 g/mol. The number of benzene rings is 2. The summed E-state index contributed by atoms with van der Waals surface area (Å²) in [7, 11) is 0. The predicted octanol–water partition coefficient (Wildman–Crippen LogP) is 3.73. The van der Waals surface area contributed by atoms with Crippen molar-refractivity contribution >= 4 is 17.2 Å². The zero-order valence-electron chi connectivity index (χ0n) is 11.7. The topological polar surface area (TPSA) is 72.2 Å². The molecule has 0 aliphatic carbocycles. The number of anilines is 1. The van der Waals surface area contributed by atoms with Crippen LogP contribution in [0, 0.1) is 10.1 Å². The van der Waals surface area contributed by atoms with Gasteiger partial charge in [-0.15, -0.1) is 0 Å². The fourth-order valence-corrected chi connectivity index (χ4v) is 2.13. The van der Waals surface area contributed by atoms with Gasteiger partial charge in [0.25, 0.3) is 5.69 Å². The summed E-state index contributed by atoms with van der Waals surface area (Å²) in [6, 6.07) is 15.5. The van der Waals surface area contributed by atoms with E-state index in [1.54, 1.807) is 12.1 Å². The summed E-state index contributed by atoms with van der Waals surface area (Å²) in [5.41, 5.74) is 1.62. The van der Waals surface area contributed by atoms with E-state index in [-0.39, 0.29) is 23.9 Å². The minimum Gasteiger partial charge on any atom is -0.378 e. The molecule has 0 aliphatic rings. The maximum absolute atomic E-state index is 11.5. The van der Waals surface area contributed by atoms with Crippen molar-refractivity contribution in [2.75, 3.05) is 5.32 Å². The van der Waals surface area contributed by atoms with Crippen molar-refractivity contribution in [2.45, 2.75) is 19.4 Å². The molecule has 5 nitrogen and oxygen atoms in total. The van der Waals surface area contributed by atoms with Crippen molar-refractivity contribution in [3.05, 3.63) is 70.3 Å². The molecule has 0 saturated carbocycles. The highest BCUT2D eigenvalue weighted by atomic mass is 16.6. The number of para-hydroxylation sites is 1. The summed E-state index contributed by atoms with van der Waals surface area (Å²) in [5.74, 6) is 0.0231. The van der Waals surface area contributed by atoms with Crippen molar-refractivity contribution in [1.29, 1.82) is 0 Å². The molecule has 21 heavy (non-hydrogen) atoms. The van der Waals surface area contributed by atoms with Gasteiger partial charge in [0.1, 0.15) is 5.78 Å². The molecule has 0 spiro atoms. The van der Waals surface area contributed by atoms with Crippen LogP contribution in [0.3, 0.4) is 0 Å². The number of nitrogens with one attached hydrogen (secondary N) is 1. The number of nitro benzene ring substituents is 1. The second-order valence-electron chi connectivity index (χ2n) is 4.82. The largest absolute Gasteiger partial charge is 0.378 e. The molecule has 2 aromatic rings. The third kappa shape index (κ3) is 4.14. The third-order valence-corrected chi connectivity index (χ3v) is 3.09. The number of carbonyl (C=O) groups is 1. The van der Waals surface area contributed by atoms with Gasteiger partial charge in [-0.1, -0.05) is 30.3 Å². The van der Waals surface area contributed by atoms with E-state index in [9.17, 15) is 14.9 Å². The lowest BCUT2D eigenvalue weighted by atomic mass is 10.0. The zero-order valence-corrected chi connectivity index (χ0v) is 11.7. The van der Waals surface area contributed by atoms with Crippen LogP contribution in [-0.2, 0) is 4.79 Å². The standard InChI is InChI=1S/C16H16N2O3/c1-12(19)10-16(17-14-7-3-2-4-8-14)13-6-5-9-15(11-13)18(20)21/h2-9,11,16-17H,10H2,1H3. The SMILES string of the molecule is CC(=O)CC(Nc1ccccc1)c1cccc([N+](=O)[O-])c1. The number of nitro groups is 1. The Morgan fingerprint density at radius 2 is 1.90 bits per heavy atom. The van der Waals surface area contributed by atoms with Crippen molar-refractivity contribution < 1.29 is 9.72 Å². The van der Waals surface area contributed by atoms with Gasteiger partial charge in [0.15, 0.2) is 0 Å². The minimum absolute atomic E-state index is 0.0231. The highest BCUT2D eigenvalue weighted by Crippen LogP contribution is 2.25. The number of Topliss-reactive ketones (excluding diaryl/α,β-unsaturated/α-hetero) is 1. The number of non-ortho nitro benzene ring substituents is 1. The van der Waals surface area contributed by atoms with E-state index < -0.39 is 4.92 Å². The van der Waals surface area contributed by atoms with Crippen LogP contribution in [0.15, 0.2) is 54.6 Å². The number of hydrogen-bond donors (Lipinski definition) is 1. The zero-order chi connectivity index (χ0) is 15.2. The maximum Gasteiger partial charge on any atom is 0.269 e. The Morgan fingerprint density at radius 3 is 2.52 bits per heavy atom. The summed E-state index contributed by atoms with van der Waals surface area (Å²) >= 11 is 0. The molecule has 0 bridgehead atoms. The highest BCUT2D eigenvalue weighted by molar-refractivity contribution is 5.77. The fraction of sp³-hybridized carbons (Fsp3) is 0.188. The van der Waals surface area contributed by atoms with E-state index in [0.29, 0.717) is 0 Å². The van der Waals surface area contributed by atoms with Crippen LogP contribution in [0.2, 0.25) is 0 Å².